The van der Waals surface area contributed by atoms with Crippen molar-refractivity contribution in [2.75, 3.05) is 32.7 Å². The van der Waals surface area contributed by atoms with Crippen molar-refractivity contribution >= 4 is 5.91 Å². The third-order valence-electron chi connectivity index (χ3n) is 4.86. The molecule has 0 radical (unpaired) electrons. The quantitative estimate of drug-likeness (QED) is 0.859. The second kappa shape index (κ2) is 7.40. The Bertz CT molecular complexity index is 677. The molecule has 3 rings (SSSR count). The third kappa shape index (κ3) is 4.48. The Morgan fingerprint density at radius 1 is 1.04 bits per heavy atom. The summed E-state index contributed by atoms with van der Waals surface area (Å²) in [6.45, 7) is 11.9. The van der Waals surface area contributed by atoms with Gasteiger partial charge in [0.1, 0.15) is 0 Å². The van der Waals surface area contributed by atoms with Crippen LogP contribution in [0.2, 0.25) is 0 Å². The zero-order valence-corrected chi connectivity index (χ0v) is 15.5. The molecule has 0 atom stereocenters. The Labute approximate surface area is 150 Å². The van der Waals surface area contributed by atoms with Gasteiger partial charge in [0, 0.05) is 50.7 Å². The first kappa shape index (κ1) is 17.7. The van der Waals surface area contributed by atoms with E-state index in [1.54, 1.807) is 0 Å². The molecule has 0 spiro atoms. The van der Waals surface area contributed by atoms with Crippen LogP contribution in [0.25, 0.3) is 0 Å². The number of amides is 1. The SMILES string of the molecule is CC(C)(C)c1ccc(C(=O)N2CCN(CCn3cccn3)CC2)cc1. The van der Waals surface area contributed by atoms with E-state index in [2.05, 4.69) is 42.9 Å². The number of nitrogens with zero attached hydrogens (tertiary/aromatic N) is 4. The molecule has 0 saturated carbocycles. The zero-order chi connectivity index (χ0) is 17.9. The predicted octanol–water partition coefficient (Wildman–Crippen LogP) is 2.64. The molecule has 1 aliphatic rings. The molecular formula is C20H28N4O. The Morgan fingerprint density at radius 2 is 1.72 bits per heavy atom. The number of piperazine rings is 1. The lowest BCUT2D eigenvalue weighted by atomic mass is 9.86. The molecule has 5 nitrogen and oxygen atoms in total. The Hall–Kier alpha value is -2.14. The van der Waals surface area contributed by atoms with Gasteiger partial charge in [0.25, 0.3) is 5.91 Å². The molecule has 25 heavy (non-hydrogen) atoms. The summed E-state index contributed by atoms with van der Waals surface area (Å²) < 4.78 is 1.95. The fourth-order valence-electron chi connectivity index (χ4n) is 3.15. The van der Waals surface area contributed by atoms with Crippen molar-refractivity contribution in [3.63, 3.8) is 0 Å². The largest absolute Gasteiger partial charge is 0.336 e. The minimum absolute atomic E-state index is 0.113. The molecule has 2 heterocycles. The normalized spacial score (nSPS) is 16.2. The second-order valence-electron chi connectivity index (χ2n) is 7.73. The summed E-state index contributed by atoms with van der Waals surface area (Å²) in [7, 11) is 0. The number of carbonyl (C=O) groups excluding carboxylic acids is 1. The summed E-state index contributed by atoms with van der Waals surface area (Å²) >= 11 is 0. The maximum absolute atomic E-state index is 12.7. The van der Waals surface area contributed by atoms with Crippen LogP contribution in [0.3, 0.4) is 0 Å². The average Bonchev–Trinajstić information content (AvgIpc) is 3.13. The monoisotopic (exact) mass is 340 g/mol. The summed E-state index contributed by atoms with van der Waals surface area (Å²) in [5.74, 6) is 0.146. The summed E-state index contributed by atoms with van der Waals surface area (Å²) in [6.07, 6.45) is 3.79. The highest BCUT2D eigenvalue weighted by molar-refractivity contribution is 5.94. The maximum atomic E-state index is 12.7. The zero-order valence-electron chi connectivity index (χ0n) is 15.5. The van der Waals surface area contributed by atoms with Crippen molar-refractivity contribution < 1.29 is 4.79 Å². The second-order valence-corrected chi connectivity index (χ2v) is 7.73. The molecule has 0 unspecified atom stereocenters. The average molecular weight is 340 g/mol. The molecule has 2 aromatic rings. The van der Waals surface area contributed by atoms with Gasteiger partial charge in [-0.25, -0.2) is 0 Å². The van der Waals surface area contributed by atoms with E-state index in [0.717, 1.165) is 44.8 Å². The van der Waals surface area contributed by atoms with Gasteiger partial charge in [-0.1, -0.05) is 32.9 Å². The summed E-state index contributed by atoms with van der Waals surface area (Å²) in [5.41, 5.74) is 2.16. The lowest BCUT2D eigenvalue weighted by Gasteiger charge is -2.34. The summed E-state index contributed by atoms with van der Waals surface area (Å²) in [6, 6.07) is 10.0. The van der Waals surface area contributed by atoms with E-state index in [0.29, 0.717) is 0 Å². The highest BCUT2D eigenvalue weighted by Crippen LogP contribution is 2.22. The van der Waals surface area contributed by atoms with Gasteiger partial charge in [-0.3, -0.25) is 14.4 Å². The van der Waals surface area contributed by atoms with E-state index < -0.39 is 0 Å². The van der Waals surface area contributed by atoms with E-state index >= 15 is 0 Å². The summed E-state index contributed by atoms with van der Waals surface area (Å²) in [5, 5.41) is 4.23. The minimum Gasteiger partial charge on any atom is -0.336 e. The highest BCUT2D eigenvalue weighted by atomic mass is 16.2. The molecule has 134 valence electrons. The van der Waals surface area contributed by atoms with Crippen LogP contribution in [0.5, 0.6) is 0 Å². The van der Waals surface area contributed by atoms with Crippen LogP contribution in [-0.4, -0.2) is 58.2 Å². The van der Waals surface area contributed by atoms with E-state index in [9.17, 15) is 4.79 Å². The number of benzene rings is 1. The molecule has 5 heteroatoms. The van der Waals surface area contributed by atoms with Gasteiger partial charge in [0.2, 0.25) is 0 Å². The molecule has 1 aliphatic heterocycles. The van der Waals surface area contributed by atoms with Gasteiger partial charge in [0.05, 0.1) is 6.54 Å². The standard InChI is InChI=1S/C20H28N4O/c1-20(2,3)18-7-5-17(6-8-18)19(25)23-14-11-22(12-15-23)13-16-24-10-4-9-21-24/h4-10H,11-16H2,1-3H3. The summed E-state index contributed by atoms with van der Waals surface area (Å²) in [4.78, 5) is 17.1. The van der Waals surface area contributed by atoms with Crippen molar-refractivity contribution in [1.29, 1.82) is 0 Å². The van der Waals surface area contributed by atoms with Crippen LogP contribution in [0, 0.1) is 0 Å². The molecule has 1 aromatic heterocycles. The van der Waals surface area contributed by atoms with Gasteiger partial charge < -0.3 is 4.90 Å². The minimum atomic E-state index is 0.113. The first-order valence-electron chi connectivity index (χ1n) is 9.03. The predicted molar refractivity (Wildman–Crippen MR) is 99.7 cm³/mol. The molecular weight excluding hydrogens is 312 g/mol. The molecule has 1 amide bonds. The van der Waals surface area contributed by atoms with Gasteiger partial charge in [-0.15, -0.1) is 0 Å². The topological polar surface area (TPSA) is 41.4 Å². The van der Waals surface area contributed by atoms with Crippen molar-refractivity contribution in [2.45, 2.75) is 32.7 Å². The van der Waals surface area contributed by atoms with Crippen LogP contribution >= 0.6 is 0 Å². The first-order chi connectivity index (χ1) is 11.9. The third-order valence-corrected chi connectivity index (χ3v) is 4.86. The first-order valence-corrected chi connectivity index (χ1v) is 9.03. The van der Waals surface area contributed by atoms with Crippen molar-refractivity contribution in [3.05, 3.63) is 53.9 Å². The number of carbonyl (C=O) groups is 1. The van der Waals surface area contributed by atoms with E-state index in [1.165, 1.54) is 5.56 Å². The lowest BCUT2D eigenvalue weighted by molar-refractivity contribution is 0.0632. The van der Waals surface area contributed by atoms with Crippen LogP contribution in [-0.2, 0) is 12.0 Å². The fourth-order valence-corrected chi connectivity index (χ4v) is 3.15. The number of aromatic nitrogens is 2. The molecule has 0 aliphatic carbocycles. The van der Waals surface area contributed by atoms with E-state index in [1.807, 2.05) is 40.2 Å². The highest BCUT2D eigenvalue weighted by Gasteiger charge is 2.22. The fraction of sp³-hybridized carbons (Fsp3) is 0.500. The van der Waals surface area contributed by atoms with Crippen LogP contribution < -0.4 is 0 Å². The van der Waals surface area contributed by atoms with Crippen LogP contribution in [0.1, 0.15) is 36.7 Å². The number of hydrogen-bond acceptors (Lipinski definition) is 3. The maximum Gasteiger partial charge on any atom is 0.253 e. The van der Waals surface area contributed by atoms with Crippen molar-refractivity contribution in [3.8, 4) is 0 Å². The lowest BCUT2D eigenvalue weighted by Crippen LogP contribution is -2.49. The Morgan fingerprint density at radius 3 is 2.28 bits per heavy atom. The van der Waals surface area contributed by atoms with Crippen LogP contribution in [0.4, 0.5) is 0 Å². The Balaban J connectivity index is 1.51. The molecule has 0 bridgehead atoms. The molecule has 1 saturated heterocycles. The van der Waals surface area contributed by atoms with E-state index in [4.69, 9.17) is 0 Å². The Kier molecular flexibility index (Phi) is 5.23. The number of rotatable bonds is 4. The number of hydrogen-bond donors (Lipinski definition) is 0. The van der Waals surface area contributed by atoms with Crippen molar-refractivity contribution in [2.24, 2.45) is 0 Å². The van der Waals surface area contributed by atoms with Crippen molar-refractivity contribution in [1.82, 2.24) is 19.6 Å². The smallest absolute Gasteiger partial charge is 0.253 e. The molecule has 0 N–H and O–H groups in total. The van der Waals surface area contributed by atoms with Crippen LogP contribution in [0.15, 0.2) is 42.7 Å². The molecule has 1 aromatic carbocycles. The van der Waals surface area contributed by atoms with Gasteiger partial charge in [-0.2, -0.15) is 5.10 Å². The van der Waals surface area contributed by atoms with E-state index in [-0.39, 0.29) is 11.3 Å². The van der Waals surface area contributed by atoms with Gasteiger partial charge in [0.15, 0.2) is 0 Å². The van der Waals surface area contributed by atoms with Gasteiger partial charge in [-0.05, 0) is 29.2 Å². The molecule has 1 fully saturated rings. The van der Waals surface area contributed by atoms with Gasteiger partial charge >= 0.3 is 0 Å².